The Bertz CT molecular complexity index is 653. The lowest BCUT2D eigenvalue weighted by atomic mass is 9.88. The van der Waals surface area contributed by atoms with E-state index in [1.807, 2.05) is 0 Å². The lowest BCUT2D eigenvalue weighted by molar-refractivity contribution is -0.137. The van der Waals surface area contributed by atoms with Crippen LogP contribution in [-0.2, 0) is 6.18 Å². The van der Waals surface area contributed by atoms with Gasteiger partial charge in [0.2, 0.25) is 0 Å². The number of benzene rings is 1. The number of alkyl halides is 5. The number of halogens is 5. The maximum absolute atomic E-state index is 13.3. The van der Waals surface area contributed by atoms with E-state index in [2.05, 4.69) is 5.32 Å². The number of carbonyl (C=O) groups is 1. The average molecular weight is 362 g/mol. The Kier molecular flexibility index (Phi) is 4.74. The number of rotatable bonds is 2. The van der Waals surface area contributed by atoms with Crippen molar-refractivity contribution in [1.29, 1.82) is 0 Å². The summed E-state index contributed by atoms with van der Waals surface area (Å²) in [6.07, 6.45) is -3.70. The number of hydrogen-bond acceptors (Lipinski definition) is 2. The van der Waals surface area contributed by atoms with E-state index in [0.717, 1.165) is 17.0 Å². The van der Waals surface area contributed by atoms with Crippen LogP contribution in [0.1, 0.15) is 46.7 Å². The summed E-state index contributed by atoms with van der Waals surface area (Å²) >= 11 is 0. The van der Waals surface area contributed by atoms with Crippen LogP contribution in [0.25, 0.3) is 0 Å². The monoisotopic (exact) mass is 362 g/mol. The molecule has 0 spiro atoms. The van der Waals surface area contributed by atoms with Gasteiger partial charge in [0.15, 0.2) is 0 Å². The zero-order chi connectivity index (χ0) is 18.2. The topological polar surface area (TPSA) is 32.3 Å². The molecule has 2 saturated heterocycles. The fraction of sp³-hybridized carbons (Fsp3) is 0.588. The molecule has 8 heteroatoms. The SMILES string of the molecule is O=C(c1cc(C2CCNCC2)cc(C(F)(F)F)c1)N1CCC(F)(F)C1. The predicted molar refractivity (Wildman–Crippen MR) is 81.8 cm³/mol. The maximum atomic E-state index is 13.3. The second-order valence-corrected chi connectivity index (χ2v) is 6.70. The third-order valence-electron chi connectivity index (χ3n) is 4.80. The van der Waals surface area contributed by atoms with Crippen molar-refractivity contribution in [2.24, 2.45) is 0 Å². The largest absolute Gasteiger partial charge is 0.416 e. The molecule has 2 aliphatic heterocycles. The van der Waals surface area contributed by atoms with E-state index in [9.17, 15) is 26.7 Å². The summed E-state index contributed by atoms with van der Waals surface area (Å²) in [6, 6.07) is 3.28. The highest BCUT2D eigenvalue weighted by Crippen LogP contribution is 2.35. The molecule has 0 saturated carbocycles. The van der Waals surface area contributed by atoms with Gasteiger partial charge >= 0.3 is 6.18 Å². The van der Waals surface area contributed by atoms with Gasteiger partial charge in [0.05, 0.1) is 12.1 Å². The Balaban J connectivity index is 1.93. The first-order chi connectivity index (χ1) is 11.7. The average Bonchev–Trinajstić information content (AvgIpc) is 2.94. The summed E-state index contributed by atoms with van der Waals surface area (Å²) in [5.41, 5.74) is -0.621. The molecular weight excluding hydrogens is 343 g/mol. The summed E-state index contributed by atoms with van der Waals surface area (Å²) in [5, 5.41) is 3.14. The van der Waals surface area contributed by atoms with Gasteiger partial charge in [0.1, 0.15) is 0 Å². The zero-order valence-electron chi connectivity index (χ0n) is 13.5. The normalized spacial score (nSPS) is 21.6. The second-order valence-electron chi connectivity index (χ2n) is 6.70. The first-order valence-electron chi connectivity index (χ1n) is 8.26. The van der Waals surface area contributed by atoms with Gasteiger partial charge in [-0.15, -0.1) is 0 Å². The van der Waals surface area contributed by atoms with Crippen LogP contribution in [-0.4, -0.2) is 42.9 Å². The van der Waals surface area contributed by atoms with Crippen molar-refractivity contribution in [1.82, 2.24) is 10.2 Å². The summed E-state index contributed by atoms with van der Waals surface area (Å²) in [6.45, 7) is 0.501. The molecule has 0 radical (unpaired) electrons. The van der Waals surface area contributed by atoms with E-state index in [4.69, 9.17) is 0 Å². The van der Waals surface area contributed by atoms with Crippen molar-refractivity contribution >= 4 is 5.91 Å². The van der Waals surface area contributed by atoms with Crippen LogP contribution in [0.2, 0.25) is 0 Å². The Morgan fingerprint density at radius 3 is 2.40 bits per heavy atom. The quantitative estimate of drug-likeness (QED) is 0.815. The molecule has 0 aromatic heterocycles. The molecule has 25 heavy (non-hydrogen) atoms. The maximum Gasteiger partial charge on any atom is 0.416 e. The lowest BCUT2D eigenvalue weighted by Gasteiger charge is -2.25. The van der Waals surface area contributed by atoms with Crippen molar-refractivity contribution in [2.75, 3.05) is 26.2 Å². The van der Waals surface area contributed by atoms with Crippen molar-refractivity contribution < 1.29 is 26.7 Å². The van der Waals surface area contributed by atoms with Gasteiger partial charge in [-0.05, 0) is 55.6 Å². The number of amides is 1. The summed E-state index contributed by atoms with van der Waals surface area (Å²) < 4.78 is 66.3. The molecule has 1 aromatic rings. The Labute approximate surface area is 142 Å². The number of nitrogens with one attached hydrogen (secondary N) is 1. The number of piperidine rings is 1. The van der Waals surface area contributed by atoms with Gasteiger partial charge in [0.25, 0.3) is 11.8 Å². The third kappa shape index (κ3) is 4.11. The molecule has 2 heterocycles. The van der Waals surface area contributed by atoms with Crippen molar-refractivity contribution in [3.05, 3.63) is 34.9 Å². The van der Waals surface area contributed by atoms with Gasteiger partial charge in [0, 0.05) is 18.5 Å². The number of carbonyl (C=O) groups excluding carboxylic acids is 1. The minimum atomic E-state index is -4.59. The molecule has 3 nitrogen and oxygen atoms in total. The molecule has 1 amide bonds. The van der Waals surface area contributed by atoms with Crippen LogP contribution < -0.4 is 5.32 Å². The predicted octanol–water partition coefficient (Wildman–Crippen LogP) is 3.65. The molecule has 138 valence electrons. The van der Waals surface area contributed by atoms with Crippen LogP contribution >= 0.6 is 0 Å². The Hall–Kier alpha value is -1.70. The minimum absolute atomic E-state index is 0.0740. The van der Waals surface area contributed by atoms with Gasteiger partial charge < -0.3 is 10.2 Å². The third-order valence-corrected chi connectivity index (χ3v) is 4.80. The zero-order valence-corrected chi connectivity index (χ0v) is 13.5. The van der Waals surface area contributed by atoms with Crippen molar-refractivity contribution in [2.45, 2.75) is 37.3 Å². The van der Waals surface area contributed by atoms with Crippen molar-refractivity contribution in [3.8, 4) is 0 Å². The number of likely N-dealkylation sites (tertiary alicyclic amines) is 1. The van der Waals surface area contributed by atoms with E-state index in [1.54, 1.807) is 0 Å². The fourth-order valence-electron chi connectivity index (χ4n) is 3.42. The van der Waals surface area contributed by atoms with E-state index < -0.39 is 36.5 Å². The second kappa shape index (κ2) is 6.55. The van der Waals surface area contributed by atoms with E-state index in [-0.39, 0.29) is 18.0 Å². The smallest absolute Gasteiger partial charge is 0.332 e. The van der Waals surface area contributed by atoms with Gasteiger partial charge in [-0.3, -0.25) is 4.79 Å². The van der Waals surface area contributed by atoms with Gasteiger partial charge in [-0.25, -0.2) is 8.78 Å². The Morgan fingerprint density at radius 2 is 1.84 bits per heavy atom. The molecule has 2 aliphatic rings. The van der Waals surface area contributed by atoms with Crippen molar-refractivity contribution in [3.63, 3.8) is 0 Å². The summed E-state index contributed by atoms with van der Waals surface area (Å²) in [7, 11) is 0. The number of nitrogens with zero attached hydrogens (tertiary/aromatic N) is 1. The highest BCUT2D eigenvalue weighted by Gasteiger charge is 2.41. The van der Waals surface area contributed by atoms with E-state index >= 15 is 0 Å². The van der Waals surface area contributed by atoms with Gasteiger partial charge in [-0.1, -0.05) is 0 Å². The molecule has 2 fully saturated rings. The molecule has 1 N–H and O–H groups in total. The molecular formula is C17H19F5N2O. The van der Waals surface area contributed by atoms with Gasteiger partial charge in [-0.2, -0.15) is 13.2 Å². The standard InChI is InChI=1S/C17H19F5N2O/c18-16(19)3-6-24(10-16)15(25)13-7-12(11-1-4-23-5-2-11)8-14(9-13)17(20,21)22/h7-9,11,23H,1-6,10H2. The van der Waals surface area contributed by atoms with E-state index in [0.29, 0.717) is 31.5 Å². The number of hydrogen-bond donors (Lipinski definition) is 1. The molecule has 3 rings (SSSR count). The van der Waals surface area contributed by atoms with E-state index in [1.165, 1.54) is 6.07 Å². The van der Waals surface area contributed by atoms with Crippen LogP contribution in [0.3, 0.4) is 0 Å². The lowest BCUT2D eigenvalue weighted by Crippen LogP contribution is -2.32. The van der Waals surface area contributed by atoms with Crippen LogP contribution in [0.5, 0.6) is 0 Å². The highest BCUT2D eigenvalue weighted by atomic mass is 19.4. The van der Waals surface area contributed by atoms with Crippen LogP contribution in [0.4, 0.5) is 22.0 Å². The highest BCUT2D eigenvalue weighted by molar-refractivity contribution is 5.95. The van der Waals surface area contributed by atoms with Crippen LogP contribution in [0, 0.1) is 0 Å². The molecule has 0 unspecified atom stereocenters. The summed E-state index contributed by atoms with van der Waals surface area (Å²) in [4.78, 5) is 13.4. The Morgan fingerprint density at radius 1 is 1.16 bits per heavy atom. The van der Waals surface area contributed by atoms with Crippen LogP contribution in [0.15, 0.2) is 18.2 Å². The first-order valence-corrected chi connectivity index (χ1v) is 8.26. The summed E-state index contributed by atoms with van der Waals surface area (Å²) in [5.74, 6) is -3.82. The molecule has 0 aliphatic carbocycles. The fourth-order valence-corrected chi connectivity index (χ4v) is 3.42. The molecule has 0 bridgehead atoms. The minimum Gasteiger partial charge on any atom is -0.332 e. The molecule has 1 aromatic carbocycles. The molecule has 0 atom stereocenters. The first kappa shape index (κ1) is 18.1.